The van der Waals surface area contributed by atoms with Gasteiger partial charge in [0, 0.05) is 19.7 Å². The van der Waals surface area contributed by atoms with Crippen LogP contribution in [0.3, 0.4) is 0 Å². The summed E-state index contributed by atoms with van der Waals surface area (Å²) >= 11 is 0. The van der Waals surface area contributed by atoms with E-state index in [0.717, 1.165) is 0 Å². The highest BCUT2D eigenvalue weighted by Crippen LogP contribution is 2.35. The number of benzene rings is 2. The van der Waals surface area contributed by atoms with Crippen molar-refractivity contribution in [2.45, 2.75) is 51.3 Å². The van der Waals surface area contributed by atoms with Gasteiger partial charge in [-0.15, -0.1) is 0 Å². The van der Waals surface area contributed by atoms with Crippen molar-refractivity contribution in [3.8, 4) is 11.5 Å². The Hall–Kier alpha value is -3.66. The van der Waals surface area contributed by atoms with Crippen molar-refractivity contribution in [3.63, 3.8) is 0 Å². The predicted molar refractivity (Wildman–Crippen MR) is 149 cm³/mol. The minimum atomic E-state index is -0.881. The van der Waals surface area contributed by atoms with E-state index in [1.54, 1.807) is 43.5 Å². The summed E-state index contributed by atoms with van der Waals surface area (Å²) in [7, 11) is 3.06. The number of hydrogen-bond acceptors (Lipinski definition) is 8. The monoisotopic (exact) mass is 551 g/mol. The van der Waals surface area contributed by atoms with Crippen LogP contribution in [0.1, 0.15) is 53.5 Å². The van der Waals surface area contributed by atoms with E-state index in [9.17, 15) is 9.59 Å². The molecular formula is C31H37NO8. The van der Waals surface area contributed by atoms with Crippen molar-refractivity contribution >= 4 is 18.0 Å². The highest BCUT2D eigenvalue weighted by molar-refractivity contribution is 6.01. The van der Waals surface area contributed by atoms with Crippen LogP contribution in [0.25, 0.3) is 6.08 Å². The van der Waals surface area contributed by atoms with E-state index in [1.807, 2.05) is 51.1 Å². The first kappa shape index (κ1) is 29.3. The third-order valence-electron chi connectivity index (χ3n) is 6.58. The van der Waals surface area contributed by atoms with Gasteiger partial charge in [-0.3, -0.25) is 4.79 Å². The fourth-order valence-electron chi connectivity index (χ4n) is 4.68. The molecular weight excluding hydrogens is 514 g/mol. The average Bonchev–Trinajstić information content (AvgIpc) is 3.26. The van der Waals surface area contributed by atoms with Crippen molar-refractivity contribution < 1.29 is 38.0 Å². The molecule has 2 heterocycles. The summed E-state index contributed by atoms with van der Waals surface area (Å²) in [6, 6.07) is 12.3. The number of carbonyl (C=O) groups is 2. The lowest BCUT2D eigenvalue weighted by molar-refractivity contribution is -0.152. The molecule has 0 saturated carbocycles. The van der Waals surface area contributed by atoms with Crippen molar-refractivity contribution in [3.05, 3.63) is 77.4 Å². The molecule has 0 bridgehead atoms. The normalized spacial score (nSPS) is 24.3. The Morgan fingerprint density at radius 2 is 1.88 bits per heavy atom. The number of hydrogen-bond donors (Lipinski definition) is 1. The maximum Gasteiger partial charge on any atom is 0.338 e. The summed E-state index contributed by atoms with van der Waals surface area (Å²) < 4.78 is 34.8. The van der Waals surface area contributed by atoms with E-state index < -0.39 is 30.1 Å². The lowest BCUT2D eigenvalue weighted by Gasteiger charge is -2.25. The first-order valence-electron chi connectivity index (χ1n) is 13.3. The zero-order chi connectivity index (χ0) is 28.7. The summed E-state index contributed by atoms with van der Waals surface area (Å²) in [4.78, 5) is 26.4. The van der Waals surface area contributed by atoms with E-state index >= 15 is 0 Å². The van der Waals surface area contributed by atoms with Gasteiger partial charge >= 0.3 is 5.97 Å². The van der Waals surface area contributed by atoms with Crippen LogP contribution in [0.15, 0.2) is 60.7 Å². The fourth-order valence-corrected chi connectivity index (χ4v) is 4.68. The van der Waals surface area contributed by atoms with Crippen LogP contribution in [0.2, 0.25) is 0 Å². The predicted octanol–water partition coefficient (Wildman–Crippen LogP) is 4.76. The van der Waals surface area contributed by atoms with Crippen LogP contribution in [-0.2, 0) is 18.9 Å². The molecule has 214 valence electrons. The highest BCUT2D eigenvalue weighted by atomic mass is 16.8. The standard InChI is InChI=1S/C31H37NO8/c1-20-14-15-24(38-30(34)21-10-7-6-8-11-21)28-25(39-31(2,3)40-28)13-9-12-22-16-23(36-5)17-26(37-19-35-4)27(22)29(33)32-18-20/h6-12,14-17,20,24-25,28H,13,18-19H2,1-5H3,(H,32,33)/t20-,24?,25+,28-/m1/s1. The van der Waals surface area contributed by atoms with E-state index in [0.29, 0.717) is 41.2 Å². The highest BCUT2D eigenvalue weighted by Gasteiger charge is 2.45. The van der Waals surface area contributed by atoms with Gasteiger partial charge in [0.05, 0.1) is 24.3 Å². The summed E-state index contributed by atoms with van der Waals surface area (Å²) in [6.45, 7) is 5.95. The van der Waals surface area contributed by atoms with Gasteiger partial charge in [-0.25, -0.2) is 4.79 Å². The van der Waals surface area contributed by atoms with Gasteiger partial charge in [-0.05, 0) is 56.0 Å². The molecule has 2 aliphatic rings. The molecule has 0 radical (unpaired) electrons. The number of nitrogens with one attached hydrogen (secondary N) is 1. The molecule has 1 fully saturated rings. The smallest absolute Gasteiger partial charge is 0.338 e. The molecule has 1 unspecified atom stereocenters. The Balaban J connectivity index is 1.70. The van der Waals surface area contributed by atoms with Crippen LogP contribution in [0.5, 0.6) is 11.5 Å². The lowest BCUT2D eigenvalue weighted by Crippen LogP contribution is -2.38. The van der Waals surface area contributed by atoms with Gasteiger partial charge in [0.15, 0.2) is 12.6 Å². The van der Waals surface area contributed by atoms with Crippen molar-refractivity contribution in [1.82, 2.24) is 5.32 Å². The first-order chi connectivity index (χ1) is 19.2. The Morgan fingerprint density at radius 1 is 1.10 bits per heavy atom. The molecule has 1 N–H and O–H groups in total. The summed E-state index contributed by atoms with van der Waals surface area (Å²) in [5.41, 5.74) is 1.43. The van der Waals surface area contributed by atoms with Crippen molar-refractivity contribution in [2.75, 3.05) is 27.6 Å². The molecule has 2 aromatic carbocycles. The lowest BCUT2D eigenvalue weighted by atomic mass is 9.99. The molecule has 2 aromatic rings. The minimum Gasteiger partial charge on any atom is -0.497 e. The van der Waals surface area contributed by atoms with Gasteiger partial charge in [0.1, 0.15) is 23.7 Å². The molecule has 1 saturated heterocycles. The Morgan fingerprint density at radius 3 is 2.60 bits per heavy atom. The average molecular weight is 552 g/mol. The number of esters is 1. The molecule has 0 spiro atoms. The number of fused-ring (bicyclic) bond motifs is 2. The number of rotatable bonds is 6. The van der Waals surface area contributed by atoms with E-state index in [-0.39, 0.29) is 18.6 Å². The van der Waals surface area contributed by atoms with Crippen LogP contribution in [0, 0.1) is 5.92 Å². The number of ether oxygens (including phenoxy) is 6. The molecule has 9 nitrogen and oxygen atoms in total. The zero-order valence-corrected chi connectivity index (χ0v) is 23.5. The molecule has 0 aromatic heterocycles. The van der Waals surface area contributed by atoms with Gasteiger partial charge in [0.25, 0.3) is 5.91 Å². The maximum absolute atomic E-state index is 13.4. The molecule has 9 heteroatoms. The third kappa shape index (κ3) is 7.29. The fraction of sp³-hybridized carbons (Fsp3) is 0.419. The second-order valence-corrected chi connectivity index (χ2v) is 10.2. The SMILES string of the molecule is COCOc1cc(OC)cc2c1C(=O)NC[C@H](C)C=CC(OC(=O)c1ccccc1)[C@H]1OC(C)(C)O[C@H]1CC=C2. The van der Waals surface area contributed by atoms with Crippen molar-refractivity contribution in [1.29, 1.82) is 0 Å². The Bertz CT molecular complexity index is 1240. The molecule has 1 amide bonds. The topological polar surface area (TPSA) is 102 Å². The van der Waals surface area contributed by atoms with Gasteiger partial charge in [-0.1, -0.05) is 43.4 Å². The second kappa shape index (κ2) is 13.1. The zero-order valence-electron chi connectivity index (χ0n) is 23.5. The molecule has 2 aliphatic heterocycles. The Labute approximate surface area is 235 Å². The van der Waals surface area contributed by atoms with Crippen molar-refractivity contribution in [2.24, 2.45) is 5.92 Å². The van der Waals surface area contributed by atoms with Crippen LogP contribution >= 0.6 is 0 Å². The summed E-state index contributed by atoms with van der Waals surface area (Å²) in [5.74, 6) is -0.831. The summed E-state index contributed by atoms with van der Waals surface area (Å²) in [5, 5.41) is 2.99. The van der Waals surface area contributed by atoms with Gasteiger partial charge in [-0.2, -0.15) is 0 Å². The first-order valence-corrected chi connectivity index (χ1v) is 13.3. The number of methoxy groups -OCH3 is 2. The van der Waals surface area contributed by atoms with E-state index in [2.05, 4.69) is 5.32 Å². The molecule has 4 rings (SSSR count). The maximum atomic E-state index is 13.4. The second-order valence-electron chi connectivity index (χ2n) is 10.2. The van der Waals surface area contributed by atoms with Crippen LogP contribution in [0.4, 0.5) is 0 Å². The number of amides is 1. The molecule has 40 heavy (non-hydrogen) atoms. The minimum absolute atomic E-state index is 0.0250. The van der Waals surface area contributed by atoms with Gasteiger partial charge < -0.3 is 33.7 Å². The van der Waals surface area contributed by atoms with Gasteiger partial charge in [0.2, 0.25) is 0 Å². The third-order valence-corrected chi connectivity index (χ3v) is 6.58. The molecule has 4 atom stereocenters. The largest absolute Gasteiger partial charge is 0.497 e. The number of carbonyl (C=O) groups excluding carboxylic acids is 2. The molecule has 0 aliphatic carbocycles. The van der Waals surface area contributed by atoms with E-state index in [4.69, 9.17) is 28.4 Å². The van der Waals surface area contributed by atoms with Crippen LogP contribution in [-0.4, -0.2) is 63.5 Å². The van der Waals surface area contributed by atoms with Crippen LogP contribution < -0.4 is 14.8 Å². The summed E-state index contributed by atoms with van der Waals surface area (Å²) in [6.07, 6.45) is 6.21. The quantitative estimate of drug-likeness (QED) is 0.312. The van der Waals surface area contributed by atoms with E-state index in [1.165, 1.54) is 7.11 Å². The Kier molecular flexibility index (Phi) is 9.63.